The fourth-order valence-electron chi connectivity index (χ4n) is 2.92. The predicted molar refractivity (Wildman–Crippen MR) is 95.1 cm³/mol. The Bertz CT molecular complexity index is 452. The summed E-state index contributed by atoms with van der Waals surface area (Å²) in [5.74, 6) is -0.554. The molecule has 0 amide bonds. The summed E-state index contributed by atoms with van der Waals surface area (Å²) in [5, 5.41) is 0.189. The SMILES string of the molecule is C=C(C)C[C@@H]1O[C@H](CO[Si](C)(C)C(C)(C)C)[C@H]2OC(C)(C)O[C@H]21. The zero-order valence-corrected chi connectivity index (χ0v) is 17.1. The first-order valence-corrected chi connectivity index (χ1v) is 11.5. The summed E-state index contributed by atoms with van der Waals surface area (Å²) < 4.78 is 24.8. The van der Waals surface area contributed by atoms with Gasteiger partial charge in [0.2, 0.25) is 0 Å². The molecule has 0 aliphatic carbocycles. The smallest absolute Gasteiger partial charge is 0.192 e. The zero-order chi connectivity index (χ0) is 17.6. The highest BCUT2D eigenvalue weighted by atomic mass is 28.4. The Morgan fingerprint density at radius 1 is 1.13 bits per heavy atom. The monoisotopic (exact) mass is 342 g/mol. The van der Waals surface area contributed by atoms with Gasteiger partial charge in [-0.15, -0.1) is 6.58 Å². The fraction of sp³-hybridized carbons (Fsp3) is 0.889. The number of fused-ring (bicyclic) bond motifs is 1. The molecule has 0 aromatic carbocycles. The van der Waals surface area contributed by atoms with Gasteiger partial charge in [-0.1, -0.05) is 26.3 Å². The normalized spacial score (nSPS) is 33.7. The van der Waals surface area contributed by atoms with E-state index in [9.17, 15) is 0 Å². The summed E-state index contributed by atoms with van der Waals surface area (Å²) in [6.07, 6.45) is 0.651. The molecule has 0 radical (unpaired) electrons. The topological polar surface area (TPSA) is 36.9 Å². The third kappa shape index (κ3) is 4.26. The lowest BCUT2D eigenvalue weighted by Crippen LogP contribution is -2.44. The van der Waals surface area contributed by atoms with Crippen LogP contribution in [0.5, 0.6) is 0 Å². The molecule has 2 aliphatic heterocycles. The van der Waals surface area contributed by atoms with Crippen molar-refractivity contribution in [3.8, 4) is 0 Å². The summed E-state index contributed by atoms with van der Waals surface area (Å²) in [6, 6.07) is 0. The Hall–Kier alpha value is -0.203. The van der Waals surface area contributed by atoms with E-state index in [0.29, 0.717) is 6.61 Å². The van der Waals surface area contributed by atoms with Gasteiger partial charge in [0.25, 0.3) is 0 Å². The molecule has 4 atom stereocenters. The molecule has 0 aromatic rings. The minimum absolute atomic E-state index is 0.00675. The Balaban J connectivity index is 2.06. The first-order valence-electron chi connectivity index (χ1n) is 8.62. The van der Waals surface area contributed by atoms with Crippen molar-refractivity contribution in [1.82, 2.24) is 0 Å². The van der Waals surface area contributed by atoms with E-state index in [1.54, 1.807) is 0 Å². The van der Waals surface area contributed by atoms with Gasteiger partial charge in [0.05, 0.1) is 12.7 Å². The van der Waals surface area contributed by atoms with Gasteiger partial charge >= 0.3 is 0 Å². The number of ether oxygens (including phenoxy) is 3. The largest absolute Gasteiger partial charge is 0.414 e. The number of rotatable bonds is 5. The van der Waals surface area contributed by atoms with Crippen molar-refractivity contribution in [2.45, 2.75) is 96.3 Å². The molecule has 0 N–H and O–H groups in total. The quantitative estimate of drug-likeness (QED) is 0.552. The summed E-state index contributed by atoms with van der Waals surface area (Å²) in [6.45, 7) is 21.8. The van der Waals surface area contributed by atoms with Crippen LogP contribution < -0.4 is 0 Å². The lowest BCUT2D eigenvalue weighted by atomic mass is 10.0. The van der Waals surface area contributed by atoms with E-state index >= 15 is 0 Å². The van der Waals surface area contributed by atoms with Crippen LogP contribution in [0.15, 0.2) is 12.2 Å². The molecular formula is C18H34O4Si. The molecule has 0 bridgehead atoms. The van der Waals surface area contributed by atoms with Crippen molar-refractivity contribution in [2.24, 2.45) is 0 Å². The van der Waals surface area contributed by atoms with Gasteiger partial charge in [0.15, 0.2) is 14.1 Å². The van der Waals surface area contributed by atoms with E-state index in [2.05, 4.69) is 40.4 Å². The van der Waals surface area contributed by atoms with Crippen LogP contribution in [-0.2, 0) is 18.6 Å². The van der Waals surface area contributed by atoms with Crippen LogP contribution in [0, 0.1) is 0 Å². The van der Waals surface area contributed by atoms with Crippen molar-refractivity contribution < 1.29 is 18.6 Å². The number of hydrogen-bond acceptors (Lipinski definition) is 4. The Morgan fingerprint density at radius 2 is 1.65 bits per heavy atom. The van der Waals surface area contributed by atoms with Gasteiger partial charge in [-0.05, 0) is 45.3 Å². The van der Waals surface area contributed by atoms with Gasteiger partial charge in [-0.2, -0.15) is 0 Å². The maximum atomic E-state index is 6.36. The molecule has 0 aromatic heterocycles. The van der Waals surface area contributed by atoms with Crippen LogP contribution in [0.1, 0.15) is 48.0 Å². The molecule has 2 fully saturated rings. The molecule has 23 heavy (non-hydrogen) atoms. The zero-order valence-electron chi connectivity index (χ0n) is 16.1. The van der Waals surface area contributed by atoms with E-state index in [1.807, 2.05) is 20.8 Å². The molecule has 2 rings (SSSR count). The van der Waals surface area contributed by atoms with E-state index in [1.165, 1.54) is 0 Å². The third-order valence-electron chi connectivity index (χ3n) is 5.21. The van der Waals surface area contributed by atoms with Gasteiger partial charge in [0.1, 0.15) is 18.3 Å². The number of hydrogen-bond donors (Lipinski definition) is 0. The second kappa shape index (κ2) is 6.26. The summed E-state index contributed by atoms with van der Waals surface area (Å²) in [4.78, 5) is 0. The van der Waals surface area contributed by atoms with Gasteiger partial charge in [0, 0.05) is 0 Å². The fourth-order valence-corrected chi connectivity index (χ4v) is 3.93. The van der Waals surface area contributed by atoms with Crippen LogP contribution in [0.3, 0.4) is 0 Å². The highest BCUT2D eigenvalue weighted by Gasteiger charge is 2.55. The van der Waals surface area contributed by atoms with Crippen molar-refractivity contribution >= 4 is 8.32 Å². The molecule has 0 unspecified atom stereocenters. The summed E-state index contributed by atoms with van der Waals surface area (Å²) in [5.41, 5.74) is 1.10. The first-order chi connectivity index (χ1) is 10.3. The summed E-state index contributed by atoms with van der Waals surface area (Å²) >= 11 is 0. The minimum atomic E-state index is -1.80. The highest BCUT2D eigenvalue weighted by molar-refractivity contribution is 6.74. The van der Waals surface area contributed by atoms with Gasteiger partial charge in [-0.25, -0.2) is 0 Å². The lowest BCUT2D eigenvalue weighted by Gasteiger charge is -2.37. The van der Waals surface area contributed by atoms with Crippen LogP contribution in [0.4, 0.5) is 0 Å². The maximum Gasteiger partial charge on any atom is 0.192 e. The maximum absolute atomic E-state index is 6.36. The van der Waals surface area contributed by atoms with E-state index in [0.717, 1.165) is 12.0 Å². The average Bonchev–Trinajstić information content (AvgIpc) is 2.80. The molecule has 0 spiro atoms. The van der Waals surface area contributed by atoms with Crippen LogP contribution in [0.25, 0.3) is 0 Å². The third-order valence-corrected chi connectivity index (χ3v) is 9.71. The average molecular weight is 343 g/mol. The molecule has 2 aliphatic rings. The molecule has 134 valence electrons. The van der Waals surface area contributed by atoms with Gasteiger partial charge in [-0.3, -0.25) is 0 Å². The van der Waals surface area contributed by atoms with Crippen molar-refractivity contribution in [1.29, 1.82) is 0 Å². The van der Waals surface area contributed by atoms with E-state index in [-0.39, 0.29) is 29.5 Å². The van der Waals surface area contributed by atoms with Crippen LogP contribution in [0.2, 0.25) is 18.1 Å². The Morgan fingerprint density at radius 3 is 2.13 bits per heavy atom. The Labute approximate surface area is 142 Å². The first kappa shape index (κ1) is 19.1. The van der Waals surface area contributed by atoms with Crippen LogP contribution in [-0.4, -0.2) is 45.1 Å². The Kier molecular flexibility index (Phi) is 5.21. The van der Waals surface area contributed by atoms with Crippen molar-refractivity contribution in [3.63, 3.8) is 0 Å². The molecule has 2 saturated heterocycles. The lowest BCUT2D eigenvalue weighted by molar-refractivity contribution is -0.189. The predicted octanol–water partition coefficient (Wildman–Crippen LogP) is 4.26. The van der Waals surface area contributed by atoms with Crippen molar-refractivity contribution in [2.75, 3.05) is 6.61 Å². The van der Waals surface area contributed by atoms with E-state index in [4.69, 9.17) is 18.6 Å². The van der Waals surface area contributed by atoms with E-state index < -0.39 is 14.1 Å². The minimum Gasteiger partial charge on any atom is -0.414 e. The molecule has 5 heteroatoms. The van der Waals surface area contributed by atoms with Crippen LogP contribution >= 0.6 is 0 Å². The second-order valence-corrected chi connectivity index (χ2v) is 13.8. The van der Waals surface area contributed by atoms with Gasteiger partial charge < -0.3 is 18.6 Å². The molecular weight excluding hydrogens is 308 g/mol. The summed E-state index contributed by atoms with van der Waals surface area (Å²) in [7, 11) is -1.80. The molecule has 0 saturated carbocycles. The molecule has 2 heterocycles. The second-order valence-electron chi connectivity index (χ2n) is 9.01. The highest BCUT2D eigenvalue weighted by Crippen LogP contribution is 2.42. The standard InChI is InChI=1S/C18H34O4Si/c1-12(2)10-13-15-16(22-18(6,7)21-15)14(20-13)11-19-23(8,9)17(3,4)5/h13-16H,1,10-11H2,2-9H3/t13-,14+,15-,16+/m0/s1. The van der Waals surface area contributed by atoms with Crippen molar-refractivity contribution in [3.05, 3.63) is 12.2 Å². The molecule has 4 nitrogen and oxygen atoms in total.